The molecule has 0 atom stereocenters. The van der Waals surface area contributed by atoms with E-state index in [4.69, 9.17) is 0 Å². The lowest BCUT2D eigenvalue weighted by Gasteiger charge is -2.10. The highest BCUT2D eigenvalue weighted by Gasteiger charge is 2.11. The van der Waals surface area contributed by atoms with Gasteiger partial charge in [-0.05, 0) is 30.3 Å². The average Bonchev–Trinajstić information content (AvgIpc) is 3.05. The lowest BCUT2D eigenvalue weighted by Crippen LogP contribution is -2.12. The summed E-state index contributed by atoms with van der Waals surface area (Å²) in [5.74, 6) is -0.150. The monoisotopic (exact) mass is 353 g/mol. The Bertz CT molecular complexity index is 864. The zero-order valence-corrected chi connectivity index (χ0v) is 14.9. The Balaban J connectivity index is 2.03. The summed E-state index contributed by atoms with van der Waals surface area (Å²) in [7, 11) is 0. The van der Waals surface area contributed by atoms with Crippen LogP contribution in [-0.2, 0) is 9.59 Å². The molecule has 0 saturated carbocycles. The van der Waals surface area contributed by atoms with Gasteiger partial charge in [0.25, 0.3) is 0 Å². The predicted molar refractivity (Wildman–Crippen MR) is 103 cm³/mol. The number of para-hydroxylation sites is 1. The van der Waals surface area contributed by atoms with Gasteiger partial charge in [-0.1, -0.05) is 26.0 Å². The van der Waals surface area contributed by atoms with Gasteiger partial charge >= 0.3 is 0 Å². The highest BCUT2D eigenvalue weighted by atomic mass is 32.1. The number of hydrogen-bond acceptors (Lipinski definition) is 4. The molecular formula is C19H19N3O2S. The van der Waals surface area contributed by atoms with Crippen molar-refractivity contribution in [3.05, 3.63) is 42.5 Å². The van der Waals surface area contributed by atoms with Crippen molar-refractivity contribution in [1.29, 1.82) is 0 Å². The number of hydrogen-bond donors (Lipinski definition) is 2. The van der Waals surface area contributed by atoms with Gasteiger partial charge in [0.1, 0.15) is 5.01 Å². The largest absolute Gasteiger partial charge is 0.326 e. The maximum atomic E-state index is 11.7. The third kappa shape index (κ3) is 4.03. The molecule has 0 bridgehead atoms. The molecule has 1 aromatic heterocycles. The topological polar surface area (TPSA) is 71.1 Å². The van der Waals surface area contributed by atoms with Crippen LogP contribution in [0.5, 0.6) is 0 Å². The summed E-state index contributed by atoms with van der Waals surface area (Å²) in [6, 6.07) is 13.5. The summed E-state index contributed by atoms with van der Waals surface area (Å²) in [6.07, 6.45) is 0.782. The summed E-state index contributed by atoms with van der Waals surface area (Å²) in [5, 5.41) is 6.56. The number of thiazole rings is 1. The maximum absolute atomic E-state index is 11.7. The minimum Gasteiger partial charge on any atom is -0.326 e. The van der Waals surface area contributed by atoms with Crippen molar-refractivity contribution in [2.45, 2.75) is 26.7 Å². The van der Waals surface area contributed by atoms with Crippen LogP contribution in [0.15, 0.2) is 42.5 Å². The van der Waals surface area contributed by atoms with E-state index >= 15 is 0 Å². The molecular weight excluding hydrogens is 334 g/mol. The maximum Gasteiger partial charge on any atom is 0.224 e. The van der Waals surface area contributed by atoms with Gasteiger partial charge in [0.15, 0.2) is 0 Å². The normalized spacial score (nSPS) is 10.6. The SMILES string of the molecule is CCC(=O)Nc1cc(NC(=O)CC)cc(-c2nc3ccccc3s2)c1. The molecule has 0 fully saturated rings. The summed E-state index contributed by atoms with van der Waals surface area (Å²) in [6.45, 7) is 3.60. The first-order valence-corrected chi connectivity index (χ1v) is 9.01. The second-order valence-corrected chi connectivity index (χ2v) is 6.62. The molecule has 128 valence electrons. The number of carbonyl (C=O) groups is 2. The molecule has 0 aliphatic heterocycles. The molecule has 2 amide bonds. The predicted octanol–water partition coefficient (Wildman–Crippen LogP) is 4.66. The number of carbonyl (C=O) groups excluding carboxylic acids is 2. The Morgan fingerprint density at radius 2 is 1.56 bits per heavy atom. The molecule has 6 heteroatoms. The number of benzene rings is 2. The van der Waals surface area contributed by atoms with Crippen LogP contribution in [0.4, 0.5) is 11.4 Å². The zero-order valence-electron chi connectivity index (χ0n) is 14.1. The van der Waals surface area contributed by atoms with Crippen molar-refractivity contribution in [2.75, 3.05) is 10.6 Å². The Morgan fingerprint density at radius 1 is 0.960 bits per heavy atom. The fourth-order valence-corrected chi connectivity index (χ4v) is 3.34. The number of rotatable bonds is 5. The van der Waals surface area contributed by atoms with E-state index in [1.807, 2.05) is 36.4 Å². The van der Waals surface area contributed by atoms with E-state index in [9.17, 15) is 9.59 Å². The van der Waals surface area contributed by atoms with E-state index in [-0.39, 0.29) is 11.8 Å². The summed E-state index contributed by atoms with van der Waals surface area (Å²) in [4.78, 5) is 28.2. The van der Waals surface area contributed by atoms with Crippen molar-refractivity contribution in [3.63, 3.8) is 0 Å². The minimum absolute atomic E-state index is 0.0748. The van der Waals surface area contributed by atoms with Crippen LogP contribution in [0.3, 0.4) is 0 Å². The molecule has 25 heavy (non-hydrogen) atoms. The van der Waals surface area contributed by atoms with Crippen LogP contribution >= 0.6 is 11.3 Å². The molecule has 5 nitrogen and oxygen atoms in total. The first-order valence-electron chi connectivity index (χ1n) is 8.19. The molecule has 2 aromatic carbocycles. The van der Waals surface area contributed by atoms with E-state index in [1.54, 1.807) is 31.3 Å². The Hall–Kier alpha value is -2.73. The fourth-order valence-electron chi connectivity index (χ4n) is 2.39. The van der Waals surface area contributed by atoms with E-state index in [0.29, 0.717) is 24.2 Å². The zero-order chi connectivity index (χ0) is 17.8. The molecule has 0 radical (unpaired) electrons. The van der Waals surface area contributed by atoms with Crippen LogP contribution in [0.25, 0.3) is 20.8 Å². The highest BCUT2D eigenvalue weighted by Crippen LogP contribution is 2.33. The minimum atomic E-state index is -0.0748. The van der Waals surface area contributed by atoms with Gasteiger partial charge in [0, 0.05) is 29.8 Å². The van der Waals surface area contributed by atoms with Gasteiger partial charge < -0.3 is 10.6 Å². The van der Waals surface area contributed by atoms with Gasteiger partial charge in [0.05, 0.1) is 10.2 Å². The quantitative estimate of drug-likeness (QED) is 0.701. The van der Waals surface area contributed by atoms with E-state index in [0.717, 1.165) is 20.8 Å². The molecule has 0 aliphatic carbocycles. The number of amides is 2. The summed E-state index contributed by atoms with van der Waals surface area (Å²) < 4.78 is 1.10. The van der Waals surface area contributed by atoms with Crippen molar-refractivity contribution < 1.29 is 9.59 Å². The Kier molecular flexibility index (Phi) is 5.09. The van der Waals surface area contributed by atoms with Gasteiger partial charge in [-0.25, -0.2) is 4.98 Å². The Labute approximate surface area is 150 Å². The average molecular weight is 353 g/mol. The molecule has 3 aromatic rings. The number of fused-ring (bicyclic) bond motifs is 1. The number of nitrogens with one attached hydrogen (secondary N) is 2. The highest BCUT2D eigenvalue weighted by molar-refractivity contribution is 7.21. The lowest BCUT2D eigenvalue weighted by molar-refractivity contribution is -0.116. The van der Waals surface area contributed by atoms with Gasteiger partial charge in [0.2, 0.25) is 11.8 Å². The third-order valence-corrected chi connectivity index (χ3v) is 4.77. The first-order chi connectivity index (χ1) is 12.1. The molecule has 2 N–H and O–H groups in total. The number of anilines is 2. The number of nitrogens with zero attached hydrogens (tertiary/aromatic N) is 1. The summed E-state index contributed by atoms with van der Waals surface area (Å²) in [5.41, 5.74) is 3.09. The lowest BCUT2D eigenvalue weighted by atomic mass is 10.1. The van der Waals surface area contributed by atoms with E-state index < -0.39 is 0 Å². The molecule has 0 saturated heterocycles. The van der Waals surface area contributed by atoms with Crippen LogP contribution in [-0.4, -0.2) is 16.8 Å². The van der Waals surface area contributed by atoms with Gasteiger partial charge in [-0.15, -0.1) is 11.3 Å². The van der Waals surface area contributed by atoms with E-state index in [2.05, 4.69) is 15.6 Å². The summed E-state index contributed by atoms with van der Waals surface area (Å²) >= 11 is 1.58. The third-order valence-electron chi connectivity index (χ3n) is 3.68. The van der Waals surface area contributed by atoms with Crippen molar-refractivity contribution in [1.82, 2.24) is 4.98 Å². The van der Waals surface area contributed by atoms with Crippen LogP contribution in [0.2, 0.25) is 0 Å². The van der Waals surface area contributed by atoms with Crippen molar-refractivity contribution >= 4 is 44.7 Å². The van der Waals surface area contributed by atoms with Crippen molar-refractivity contribution in [3.8, 4) is 10.6 Å². The molecule has 0 aliphatic rings. The van der Waals surface area contributed by atoms with Crippen LogP contribution in [0, 0.1) is 0 Å². The second-order valence-electron chi connectivity index (χ2n) is 5.59. The molecule has 0 unspecified atom stereocenters. The smallest absolute Gasteiger partial charge is 0.224 e. The fraction of sp³-hybridized carbons (Fsp3) is 0.211. The second kappa shape index (κ2) is 7.44. The molecule has 3 rings (SSSR count). The number of aromatic nitrogens is 1. The molecule has 0 spiro atoms. The van der Waals surface area contributed by atoms with Gasteiger partial charge in [-0.2, -0.15) is 0 Å². The Morgan fingerprint density at radius 3 is 2.12 bits per heavy atom. The van der Waals surface area contributed by atoms with Gasteiger partial charge in [-0.3, -0.25) is 9.59 Å². The van der Waals surface area contributed by atoms with Crippen LogP contribution in [0.1, 0.15) is 26.7 Å². The van der Waals surface area contributed by atoms with E-state index in [1.165, 1.54) is 0 Å². The first kappa shape index (κ1) is 17.1. The van der Waals surface area contributed by atoms with Crippen molar-refractivity contribution in [2.24, 2.45) is 0 Å². The molecule has 1 heterocycles. The van der Waals surface area contributed by atoms with Crippen LogP contribution < -0.4 is 10.6 Å². The standard InChI is InChI=1S/C19H19N3O2S/c1-3-17(23)20-13-9-12(10-14(11-13)21-18(24)4-2)19-22-15-7-5-6-8-16(15)25-19/h5-11H,3-4H2,1-2H3,(H,20,23)(H,21,24).